The number of carbonyl (C=O) groups excluding carboxylic acids is 4. The highest BCUT2D eigenvalue weighted by Crippen LogP contribution is 2.12. The number of hydrogen-bond donors (Lipinski definition) is 3. The Morgan fingerprint density at radius 1 is 0.706 bits per heavy atom. The first-order chi connectivity index (χ1) is 16.4. The van der Waals surface area contributed by atoms with E-state index in [0.29, 0.717) is 12.8 Å². The molecule has 1 aromatic carbocycles. The van der Waals surface area contributed by atoms with Crippen LogP contribution in [0.4, 0.5) is 0 Å². The number of imide groups is 1. The van der Waals surface area contributed by atoms with Crippen LogP contribution in [0.2, 0.25) is 0 Å². The predicted octanol–water partition coefficient (Wildman–Crippen LogP) is 4.79. The molecule has 4 amide bonds. The molecule has 1 rings (SSSR count). The van der Waals surface area contributed by atoms with Crippen LogP contribution in [0.3, 0.4) is 0 Å². The Hall–Kier alpha value is -2.74. The van der Waals surface area contributed by atoms with E-state index < -0.39 is 17.7 Å². The summed E-state index contributed by atoms with van der Waals surface area (Å²) in [7, 11) is 0. The molecule has 0 saturated carbocycles. The number of unbranched alkanes of at least 4 members (excludes halogenated alkanes) is 10. The Kier molecular flexibility index (Phi) is 15.2. The topological polar surface area (TPSA) is 122 Å². The number of nitrogens with zero attached hydrogens (tertiary/aromatic N) is 1. The number of rotatable bonds is 16. The molecule has 0 aliphatic carbocycles. The van der Waals surface area contributed by atoms with Crippen molar-refractivity contribution in [1.82, 2.24) is 15.9 Å². The normalized spacial score (nSPS) is 10.6. The summed E-state index contributed by atoms with van der Waals surface area (Å²) in [5, 5.41) is 0.837. The van der Waals surface area contributed by atoms with Crippen LogP contribution in [0.1, 0.15) is 124 Å². The maximum atomic E-state index is 13.1. The van der Waals surface area contributed by atoms with E-state index in [1.807, 2.05) is 5.43 Å². The van der Waals surface area contributed by atoms with Crippen molar-refractivity contribution in [3.63, 3.8) is 0 Å². The van der Waals surface area contributed by atoms with Gasteiger partial charge < -0.3 is 0 Å². The van der Waals surface area contributed by atoms with Gasteiger partial charge in [0.05, 0.1) is 0 Å². The standard InChI is InChI=1S/C26H42N4O4/c1-3-5-7-9-11-13-15-23(31)29-30(24(32)16-14-12-10-8-6-4-2)26(34)22-19-17-21(18-20-22)25(33)28-27/h17-20H,3-16,27H2,1-2H3,(H,28,33)(H,29,31). The van der Waals surface area contributed by atoms with Gasteiger partial charge in [0.2, 0.25) is 11.8 Å². The van der Waals surface area contributed by atoms with Gasteiger partial charge in [-0.15, -0.1) is 0 Å². The first-order valence-electron chi connectivity index (χ1n) is 12.7. The average molecular weight is 475 g/mol. The van der Waals surface area contributed by atoms with E-state index in [9.17, 15) is 19.2 Å². The van der Waals surface area contributed by atoms with Crippen LogP contribution in [0.25, 0.3) is 0 Å². The summed E-state index contributed by atoms with van der Waals surface area (Å²) in [5.41, 5.74) is 5.04. The molecule has 0 spiro atoms. The van der Waals surface area contributed by atoms with E-state index in [1.165, 1.54) is 37.1 Å². The highest BCUT2D eigenvalue weighted by atomic mass is 16.2. The van der Waals surface area contributed by atoms with E-state index >= 15 is 0 Å². The Balaban J connectivity index is 2.75. The molecule has 0 aliphatic rings. The van der Waals surface area contributed by atoms with Crippen LogP contribution in [-0.4, -0.2) is 28.6 Å². The minimum atomic E-state index is -0.619. The summed E-state index contributed by atoms with van der Waals surface area (Å²) in [4.78, 5) is 50.0. The third kappa shape index (κ3) is 11.4. The number of nitrogens with one attached hydrogen (secondary N) is 2. The zero-order valence-electron chi connectivity index (χ0n) is 20.9. The Morgan fingerprint density at radius 2 is 1.18 bits per heavy atom. The molecule has 1 aromatic rings. The first-order valence-corrected chi connectivity index (χ1v) is 12.7. The highest BCUT2D eigenvalue weighted by Gasteiger charge is 2.25. The summed E-state index contributed by atoms with van der Waals surface area (Å²) < 4.78 is 0. The van der Waals surface area contributed by atoms with Crippen LogP contribution in [0, 0.1) is 0 Å². The van der Waals surface area contributed by atoms with Crippen molar-refractivity contribution in [3.8, 4) is 0 Å². The quantitative estimate of drug-likeness (QED) is 0.138. The van der Waals surface area contributed by atoms with Gasteiger partial charge in [-0.05, 0) is 37.1 Å². The number of benzene rings is 1. The number of hydrazine groups is 2. The summed E-state index contributed by atoms with van der Waals surface area (Å²) in [5.74, 6) is 3.26. The lowest BCUT2D eigenvalue weighted by Gasteiger charge is -2.22. The van der Waals surface area contributed by atoms with Crippen molar-refractivity contribution in [2.24, 2.45) is 5.84 Å². The Morgan fingerprint density at radius 3 is 1.71 bits per heavy atom. The lowest BCUT2D eigenvalue weighted by Crippen LogP contribution is -2.49. The van der Waals surface area contributed by atoms with Crippen LogP contribution in [0.15, 0.2) is 24.3 Å². The minimum absolute atomic E-state index is 0.183. The molecule has 190 valence electrons. The van der Waals surface area contributed by atoms with Gasteiger partial charge in [-0.3, -0.25) is 30.0 Å². The maximum Gasteiger partial charge on any atom is 0.279 e. The van der Waals surface area contributed by atoms with Gasteiger partial charge in [-0.25, -0.2) is 5.84 Å². The van der Waals surface area contributed by atoms with E-state index in [1.54, 1.807) is 0 Å². The summed E-state index contributed by atoms with van der Waals surface area (Å²) in [6, 6.07) is 5.78. The van der Waals surface area contributed by atoms with Crippen LogP contribution >= 0.6 is 0 Å². The van der Waals surface area contributed by atoms with Gasteiger partial charge in [0.25, 0.3) is 11.8 Å². The molecule has 0 heterocycles. The van der Waals surface area contributed by atoms with Gasteiger partial charge >= 0.3 is 0 Å². The smallest absolute Gasteiger partial charge is 0.279 e. The third-order valence-electron chi connectivity index (χ3n) is 5.72. The van der Waals surface area contributed by atoms with Crippen LogP contribution in [-0.2, 0) is 9.59 Å². The van der Waals surface area contributed by atoms with Crippen LogP contribution in [0.5, 0.6) is 0 Å². The molecule has 0 radical (unpaired) electrons. The van der Waals surface area contributed by atoms with Gasteiger partial charge in [0.15, 0.2) is 0 Å². The molecule has 0 aromatic heterocycles. The fourth-order valence-electron chi connectivity index (χ4n) is 3.62. The minimum Gasteiger partial charge on any atom is -0.290 e. The predicted molar refractivity (Wildman–Crippen MR) is 133 cm³/mol. The molecule has 8 nitrogen and oxygen atoms in total. The van der Waals surface area contributed by atoms with Gasteiger partial charge in [-0.1, -0.05) is 78.1 Å². The second-order valence-corrected chi connectivity index (χ2v) is 8.66. The number of carbonyl (C=O) groups is 4. The van der Waals surface area contributed by atoms with E-state index in [-0.39, 0.29) is 29.9 Å². The number of nitrogen functional groups attached to an aromatic ring is 1. The van der Waals surface area contributed by atoms with E-state index in [2.05, 4.69) is 19.3 Å². The zero-order chi connectivity index (χ0) is 25.2. The van der Waals surface area contributed by atoms with Crippen molar-refractivity contribution in [2.75, 3.05) is 0 Å². The van der Waals surface area contributed by atoms with E-state index in [0.717, 1.165) is 56.4 Å². The molecule has 0 fully saturated rings. The molecule has 0 bridgehead atoms. The van der Waals surface area contributed by atoms with E-state index in [4.69, 9.17) is 5.84 Å². The number of nitrogens with two attached hydrogens (primary N) is 1. The third-order valence-corrected chi connectivity index (χ3v) is 5.72. The Bertz CT molecular complexity index is 765. The second kappa shape index (κ2) is 17.7. The molecule has 0 unspecified atom stereocenters. The fraction of sp³-hybridized carbons (Fsp3) is 0.615. The molecule has 0 atom stereocenters. The monoisotopic (exact) mass is 474 g/mol. The summed E-state index contributed by atoms with van der Waals surface area (Å²) >= 11 is 0. The average Bonchev–Trinajstić information content (AvgIpc) is 2.85. The fourth-order valence-corrected chi connectivity index (χ4v) is 3.62. The van der Waals surface area contributed by atoms with Crippen molar-refractivity contribution in [3.05, 3.63) is 35.4 Å². The SMILES string of the molecule is CCCCCCCCC(=O)NN(C(=O)CCCCCCCC)C(=O)c1ccc(C(=O)NN)cc1. The summed E-state index contributed by atoms with van der Waals surface area (Å²) in [6.45, 7) is 4.30. The maximum absolute atomic E-state index is 13.1. The molecule has 0 saturated heterocycles. The second-order valence-electron chi connectivity index (χ2n) is 8.66. The van der Waals surface area contributed by atoms with Crippen LogP contribution < -0.4 is 16.7 Å². The number of hydrogen-bond acceptors (Lipinski definition) is 5. The van der Waals surface area contributed by atoms with Gasteiger partial charge in [-0.2, -0.15) is 5.01 Å². The molecule has 4 N–H and O–H groups in total. The molecular weight excluding hydrogens is 432 g/mol. The van der Waals surface area contributed by atoms with Crippen molar-refractivity contribution < 1.29 is 19.2 Å². The first kappa shape index (κ1) is 29.3. The molecular formula is C26H42N4O4. The lowest BCUT2D eigenvalue weighted by molar-refractivity contribution is -0.138. The van der Waals surface area contributed by atoms with Crippen molar-refractivity contribution in [2.45, 2.75) is 104 Å². The molecule has 8 heteroatoms. The van der Waals surface area contributed by atoms with Gasteiger partial charge in [0, 0.05) is 24.0 Å². The highest BCUT2D eigenvalue weighted by molar-refractivity contribution is 6.06. The largest absolute Gasteiger partial charge is 0.290 e. The molecule has 0 aliphatic heterocycles. The van der Waals surface area contributed by atoms with Crippen molar-refractivity contribution >= 4 is 23.6 Å². The van der Waals surface area contributed by atoms with Gasteiger partial charge in [0.1, 0.15) is 0 Å². The Labute approximate surface area is 204 Å². The lowest BCUT2D eigenvalue weighted by atomic mass is 10.1. The summed E-state index contributed by atoms with van der Waals surface area (Å²) in [6.07, 6.45) is 12.7. The number of amides is 4. The zero-order valence-corrected chi connectivity index (χ0v) is 20.9. The molecule has 34 heavy (non-hydrogen) atoms. The van der Waals surface area contributed by atoms with Crippen molar-refractivity contribution in [1.29, 1.82) is 0 Å².